The first-order chi connectivity index (χ1) is 20.4. The summed E-state index contributed by atoms with van der Waals surface area (Å²) in [5.41, 5.74) is 0. The first-order valence-electron chi connectivity index (χ1n) is 14.8. The number of aliphatic hydroxyl groups excluding tert-OH is 5. The van der Waals surface area contributed by atoms with Crippen LogP contribution in [0.2, 0.25) is 0 Å². The molecule has 1 aliphatic rings. The van der Waals surface area contributed by atoms with Crippen LogP contribution in [0.4, 0.5) is 0 Å². The monoisotopic (exact) mass is 624 g/mol. The summed E-state index contributed by atoms with van der Waals surface area (Å²) in [6, 6.07) is 0. The van der Waals surface area contributed by atoms with Crippen LogP contribution in [0.5, 0.6) is 0 Å². The molecule has 15 nitrogen and oxygen atoms in total. The fourth-order valence-electron chi connectivity index (χ4n) is 4.10. The maximum atomic E-state index is 12.7. The molecule has 250 valence electrons. The van der Waals surface area contributed by atoms with Gasteiger partial charge in [-0.1, -0.05) is 27.7 Å². The Hall–Kier alpha value is -2.40. The maximum absolute atomic E-state index is 12.7. The second kappa shape index (κ2) is 20.5. The van der Waals surface area contributed by atoms with Crippen LogP contribution >= 0.6 is 0 Å². The number of rotatable bonds is 20. The van der Waals surface area contributed by atoms with E-state index in [4.69, 9.17) is 33.5 Å². The molecule has 0 aliphatic carbocycles. The summed E-state index contributed by atoms with van der Waals surface area (Å²) in [7, 11) is 0. The molecule has 0 amide bonds. The lowest BCUT2D eigenvalue weighted by Crippen LogP contribution is -2.63. The van der Waals surface area contributed by atoms with Crippen LogP contribution in [-0.4, -0.2) is 124 Å². The second-order valence-electron chi connectivity index (χ2n) is 10.2. The minimum Gasteiger partial charge on any atom is -0.463 e. The number of ether oxygens (including phenoxy) is 6. The van der Waals surface area contributed by atoms with Gasteiger partial charge in [0.15, 0.2) is 24.6 Å². The molecule has 0 unspecified atom stereocenters. The molecule has 0 aromatic heterocycles. The van der Waals surface area contributed by atoms with Gasteiger partial charge in [0.1, 0.15) is 37.1 Å². The van der Waals surface area contributed by atoms with E-state index in [0.717, 1.165) is 0 Å². The van der Waals surface area contributed by atoms with E-state index in [2.05, 4.69) is 0 Å². The molecular weight excluding hydrogens is 576 g/mol. The molecule has 0 saturated carbocycles. The van der Waals surface area contributed by atoms with Crippen molar-refractivity contribution in [2.75, 3.05) is 19.8 Å². The van der Waals surface area contributed by atoms with Gasteiger partial charge in [-0.2, -0.15) is 0 Å². The van der Waals surface area contributed by atoms with Gasteiger partial charge in [-0.25, -0.2) is 0 Å². The van der Waals surface area contributed by atoms with Crippen molar-refractivity contribution in [1.82, 2.24) is 0 Å². The Morgan fingerprint density at radius 1 is 0.651 bits per heavy atom. The molecule has 5 N–H and O–H groups in total. The number of hydrogen-bond donors (Lipinski definition) is 5. The molecule has 43 heavy (non-hydrogen) atoms. The van der Waals surface area contributed by atoms with Crippen LogP contribution in [-0.2, 0) is 47.6 Å². The van der Waals surface area contributed by atoms with E-state index in [0.29, 0.717) is 25.7 Å². The highest BCUT2D eigenvalue weighted by molar-refractivity contribution is 5.72. The van der Waals surface area contributed by atoms with E-state index in [1.54, 1.807) is 27.7 Å². The first-order valence-corrected chi connectivity index (χ1v) is 14.8. The van der Waals surface area contributed by atoms with Crippen LogP contribution in [0.25, 0.3) is 0 Å². The lowest BCUT2D eigenvalue weighted by Gasteiger charge is -2.44. The molecule has 1 fully saturated rings. The summed E-state index contributed by atoms with van der Waals surface area (Å²) in [6.07, 6.45) is -13.1. The van der Waals surface area contributed by atoms with Gasteiger partial charge in [0.2, 0.25) is 0 Å². The van der Waals surface area contributed by atoms with Crippen molar-refractivity contribution >= 4 is 23.9 Å². The van der Waals surface area contributed by atoms with Gasteiger partial charge in [0, 0.05) is 25.7 Å². The Kier molecular flexibility index (Phi) is 18.4. The Labute approximate surface area is 251 Å². The van der Waals surface area contributed by atoms with Crippen molar-refractivity contribution in [1.29, 1.82) is 0 Å². The average Bonchev–Trinajstić information content (AvgIpc) is 2.96. The highest BCUT2D eigenvalue weighted by atomic mass is 16.7. The number of esters is 4. The third kappa shape index (κ3) is 13.0. The minimum absolute atomic E-state index is 0.000779. The summed E-state index contributed by atoms with van der Waals surface area (Å²) >= 11 is 0. The summed E-state index contributed by atoms with van der Waals surface area (Å²) in [5.74, 6) is -2.69. The third-order valence-corrected chi connectivity index (χ3v) is 6.38. The van der Waals surface area contributed by atoms with Crippen molar-refractivity contribution in [3.8, 4) is 0 Å². The summed E-state index contributed by atoms with van der Waals surface area (Å²) in [4.78, 5) is 50.1. The van der Waals surface area contributed by atoms with E-state index in [9.17, 15) is 39.6 Å². The van der Waals surface area contributed by atoms with Gasteiger partial charge < -0.3 is 54.0 Å². The van der Waals surface area contributed by atoms with Crippen molar-refractivity contribution in [2.45, 2.75) is 134 Å². The van der Waals surface area contributed by atoms with E-state index < -0.39 is 98.8 Å². The number of hydrogen-bond acceptors (Lipinski definition) is 15. The molecule has 1 aliphatic heterocycles. The van der Waals surface area contributed by atoms with Gasteiger partial charge >= 0.3 is 23.9 Å². The zero-order valence-electron chi connectivity index (χ0n) is 25.3. The molecule has 15 heteroatoms. The number of carbonyl (C=O) groups is 4. The van der Waals surface area contributed by atoms with Gasteiger partial charge in [-0.05, 0) is 25.7 Å². The molecular formula is C28H48O15. The third-order valence-electron chi connectivity index (χ3n) is 6.38. The van der Waals surface area contributed by atoms with Gasteiger partial charge in [0.05, 0.1) is 13.2 Å². The van der Waals surface area contributed by atoms with Crippen molar-refractivity contribution in [2.24, 2.45) is 0 Å². The minimum atomic E-state index is -1.97. The van der Waals surface area contributed by atoms with Crippen LogP contribution in [0.3, 0.4) is 0 Å². The molecule has 1 heterocycles. The van der Waals surface area contributed by atoms with Crippen LogP contribution in [0.1, 0.15) is 79.1 Å². The zero-order chi connectivity index (χ0) is 32.5. The number of carbonyl (C=O) groups excluding carboxylic acids is 4. The highest BCUT2D eigenvalue weighted by Crippen LogP contribution is 2.31. The van der Waals surface area contributed by atoms with E-state index in [1.165, 1.54) is 0 Å². The van der Waals surface area contributed by atoms with E-state index in [-0.39, 0.29) is 25.7 Å². The summed E-state index contributed by atoms with van der Waals surface area (Å²) < 4.78 is 33.8. The topological polar surface area (TPSA) is 225 Å². The summed E-state index contributed by atoms with van der Waals surface area (Å²) in [6.45, 7) is 4.86. The van der Waals surface area contributed by atoms with Crippen molar-refractivity contribution < 1.29 is 73.1 Å². The van der Waals surface area contributed by atoms with Crippen LogP contribution < -0.4 is 0 Å². The quantitative estimate of drug-likeness (QED) is 0.0861. The largest absolute Gasteiger partial charge is 0.463 e. The molecule has 0 aromatic rings. The Morgan fingerprint density at radius 2 is 1.09 bits per heavy atom. The Balaban J connectivity index is 3.47. The van der Waals surface area contributed by atoms with E-state index >= 15 is 0 Å². The molecule has 0 bridgehead atoms. The predicted octanol–water partition coefficient (Wildman–Crippen LogP) is -0.357. The van der Waals surface area contributed by atoms with Gasteiger partial charge in [-0.3, -0.25) is 19.2 Å². The molecule has 0 radical (unpaired) electrons. The lowest BCUT2D eigenvalue weighted by atomic mass is 9.97. The van der Waals surface area contributed by atoms with Crippen LogP contribution in [0.15, 0.2) is 0 Å². The standard InChI is InChI=1S/C28H48O15/c1-5-9-19(32)38-15-18-25(41-20(33)10-6-2)26(42-21(34)11-7-3)27(43-22(35)12-8-4)28(40-18)39-14-17(31)24(37)23(36)16(30)13-29/h16-18,23-31,36-37H,5-15H2,1-4H3/t16-,17-,18-,23-,24-,25-,26+,27+,28-/m1/s1. The molecule has 0 aromatic carbocycles. The van der Waals surface area contributed by atoms with E-state index in [1.807, 2.05) is 0 Å². The fourth-order valence-corrected chi connectivity index (χ4v) is 4.10. The van der Waals surface area contributed by atoms with Crippen LogP contribution in [0, 0.1) is 0 Å². The number of aliphatic hydroxyl groups is 5. The average molecular weight is 625 g/mol. The lowest BCUT2D eigenvalue weighted by molar-refractivity contribution is -0.313. The molecule has 0 spiro atoms. The first kappa shape index (κ1) is 38.6. The summed E-state index contributed by atoms with van der Waals surface area (Å²) in [5, 5.41) is 49.2. The molecule has 1 rings (SSSR count). The normalized spacial score (nSPS) is 24.7. The highest BCUT2D eigenvalue weighted by Gasteiger charge is 2.53. The SMILES string of the molecule is CCCC(=O)OC[C@H]1O[C@@H](OC[C@@H](O)[C@@H](O)[C@H](O)[C@H](O)CO)[C@@H](OC(=O)CCC)[C@@H](OC(=O)CCC)[C@@H]1OC(=O)CCC. The van der Waals surface area contributed by atoms with Gasteiger partial charge in [0.25, 0.3) is 0 Å². The Morgan fingerprint density at radius 3 is 1.58 bits per heavy atom. The second-order valence-corrected chi connectivity index (χ2v) is 10.2. The van der Waals surface area contributed by atoms with Crippen molar-refractivity contribution in [3.63, 3.8) is 0 Å². The zero-order valence-corrected chi connectivity index (χ0v) is 25.3. The maximum Gasteiger partial charge on any atom is 0.306 e. The molecule has 1 saturated heterocycles. The molecule has 9 atom stereocenters. The fraction of sp³-hybridized carbons (Fsp3) is 0.857. The Bertz CT molecular complexity index is 852. The van der Waals surface area contributed by atoms with Gasteiger partial charge in [-0.15, -0.1) is 0 Å². The predicted molar refractivity (Wildman–Crippen MR) is 146 cm³/mol. The smallest absolute Gasteiger partial charge is 0.306 e. The van der Waals surface area contributed by atoms with Crippen molar-refractivity contribution in [3.05, 3.63) is 0 Å².